The van der Waals surface area contributed by atoms with Crippen LogP contribution in [-0.2, 0) is 27.1 Å². The summed E-state index contributed by atoms with van der Waals surface area (Å²) in [6.07, 6.45) is -4.60. The molecule has 7 nitrogen and oxygen atoms in total. The molecule has 27 heavy (non-hydrogen) atoms. The fraction of sp³-hybridized carbons (Fsp3) is 0.375. The van der Waals surface area contributed by atoms with E-state index in [0.29, 0.717) is 5.01 Å². The summed E-state index contributed by atoms with van der Waals surface area (Å²) in [5.74, 6) is -1.54. The number of hydrogen-bond acceptors (Lipinski definition) is 6. The number of alkyl halides is 3. The summed E-state index contributed by atoms with van der Waals surface area (Å²) in [4.78, 5) is 25.8. The van der Waals surface area contributed by atoms with Crippen LogP contribution in [0.3, 0.4) is 0 Å². The standard InChI is InChI=1S/C16H15F3N4O3S/c1-26-8-12-21-22-15(27-12)20-14(25)9-5-13(24)23(7-9)11-4-2-3-10(6-11)16(17,18)19/h2-4,6,9H,5,7-8H2,1H3,(H,20,22,25)/t9-/m0/s1. The minimum Gasteiger partial charge on any atom is -0.377 e. The molecule has 0 saturated carbocycles. The molecule has 144 valence electrons. The lowest BCUT2D eigenvalue weighted by Gasteiger charge is -2.18. The zero-order chi connectivity index (χ0) is 19.6. The molecule has 1 aliphatic rings. The van der Waals surface area contributed by atoms with E-state index in [4.69, 9.17) is 4.74 Å². The topological polar surface area (TPSA) is 84.4 Å². The van der Waals surface area contributed by atoms with Gasteiger partial charge in [-0.25, -0.2) is 0 Å². The maximum Gasteiger partial charge on any atom is 0.416 e. The molecule has 0 bridgehead atoms. The second kappa shape index (κ2) is 7.61. The predicted molar refractivity (Wildman–Crippen MR) is 91.2 cm³/mol. The van der Waals surface area contributed by atoms with Crippen molar-refractivity contribution in [2.24, 2.45) is 5.92 Å². The van der Waals surface area contributed by atoms with Gasteiger partial charge < -0.3 is 15.0 Å². The quantitative estimate of drug-likeness (QED) is 0.834. The largest absolute Gasteiger partial charge is 0.416 e. The van der Waals surface area contributed by atoms with E-state index in [9.17, 15) is 22.8 Å². The van der Waals surface area contributed by atoms with E-state index in [0.717, 1.165) is 23.5 Å². The number of nitrogens with zero attached hydrogens (tertiary/aromatic N) is 3. The van der Waals surface area contributed by atoms with Gasteiger partial charge in [-0.15, -0.1) is 10.2 Å². The number of carbonyl (C=O) groups excluding carboxylic acids is 2. The van der Waals surface area contributed by atoms with Crippen LogP contribution in [0.1, 0.15) is 17.0 Å². The van der Waals surface area contributed by atoms with Crippen LogP contribution in [-0.4, -0.2) is 35.7 Å². The summed E-state index contributed by atoms with van der Waals surface area (Å²) < 4.78 is 43.5. The van der Waals surface area contributed by atoms with Crippen LogP contribution in [0.25, 0.3) is 0 Å². The summed E-state index contributed by atoms with van der Waals surface area (Å²) in [6.45, 7) is 0.258. The number of nitrogens with one attached hydrogen (secondary N) is 1. The highest BCUT2D eigenvalue weighted by atomic mass is 32.1. The third-order valence-electron chi connectivity index (χ3n) is 3.95. The molecule has 0 radical (unpaired) electrons. The van der Waals surface area contributed by atoms with Crippen molar-refractivity contribution in [1.29, 1.82) is 0 Å². The van der Waals surface area contributed by atoms with Gasteiger partial charge >= 0.3 is 6.18 Å². The molecular formula is C16H15F3N4O3S. The third kappa shape index (κ3) is 4.42. The molecular weight excluding hydrogens is 385 g/mol. The number of ether oxygens (including phenoxy) is 1. The van der Waals surface area contributed by atoms with E-state index >= 15 is 0 Å². The van der Waals surface area contributed by atoms with Gasteiger partial charge in [0.15, 0.2) is 0 Å². The molecule has 0 aliphatic carbocycles. The lowest BCUT2D eigenvalue weighted by molar-refractivity contribution is -0.137. The van der Waals surface area contributed by atoms with Crippen LogP contribution < -0.4 is 10.2 Å². The summed E-state index contributed by atoms with van der Waals surface area (Å²) in [5, 5.41) is 11.1. The van der Waals surface area contributed by atoms with E-state index in [1.165, 1.54) is 24.1 Å². The van der Waals surface area contributed by atoms with E-state index in [1.54, 1.807) is 0 Å². The number of carbonyl (C=O) groups is 2. The van der Waals surface area contributed by atoms with Crippen molar-refractivity contribution in [3.8, 4) is 0 Å². The maximum absolute atomic E-state index is 12.9. The van der Waals surface area contributed by atoms with Crippen molar-refractivity contribution >= 4 is 34.0 Å². The van der Waals surface area contributed by atoms with E-state index in [-0.39, 0.29) is 30.4 Å². The van der Waals surface area contributed by atoms with Gasteiger partial charge in [0.2, 0.25) is 16.9 Å². The Balaban J connectivity index is 1.68. The summed E-state index contributed by atoms with van der Waals surface area (Å²) >= 11 is 1.14. The molecule has 1 aromatic carbocycles. The fourth-order valence-electron chi connectivity index (χ4n) is 2.68. The van der Waals surface area contributed by atoms with Crippen molar-refractivity contribution in [1.82, 2.24) is 10.2 Å². The second-order valence-corrected chi connectivity index (χ2v) is 6.94. The van der Waals surface area contributed by atoms with Gasteiger partial charge in [0.1, 0.15) is 11.6 Å². The number of methoxy groups -OCH3 is 1. The number of halogens is 3. The number of benzene rings is 1. The van der Waals surface area contributed by atoms with Crippen LogP contribution in [0.2, 0.25) is 0 Å². The Morgan fingerprint density at radius 3 is 2.89 bits per heavy atom. The molecule has 1 saturated heterocycles. The summed E-state index contributed by atoms with van der Waals surface area (Å²) in [5.41, 5.74) is -0.733. The minimum atomic E-state index is -4.51. The number of hydrogen-bond donors (Lipinski definition) is 1. The molecule has 0 unspecified atom stereocenters. The Hall–Kier alpha value is -2.53. The normalized spacial score (nSPS) is 17.4. The van der Waals surface area contributed by atoms with Crippen LogP contribution in [0.5, 0.6) is 0 Å². The van der Waals surface area contributed by atoms with Crippen molar-refractivity contribution in [2.45, 2.75) is 19.2 Å². The summed E-state index contributed by atoms with van der Waals surface area (Å²) in [7, 11) is 1.51. The maximum atomic E-state index is 12.9. The monoisotopic (exact) mass is 400 g/mol. The highest BCUT2D eigenvalue weighted by Crippen LogP contribution is 2.33. The van der Waals surface area contributed by atoms with E-state index in [2.05, 4.69) is 15.5 Å². The number of amides is 2. The van der Waals surface area contributed by atoms with E-state index in [1.807, 2.05) is 0 Å². The Bertz CT molecular complexity index is 855. The summed E-state index contributed by atoms with van der Waals surface area (Å²) in [6, 6.07) is 4.48. The number of rotatable bonds is 5. The zero-order valence-electron chi connectivity index (χ0n) is 14.1. The smallest absolute Gasteiger partial charge is 0.377 e. The lowest BCUT2D eigenvalue weighted by Crippen LogP contribution is -2.28. The fourth-order valence-corrected chi connectivity index (χ4v) is 3.39. The van der Waals surface area contributed by atoms with E-state index < -0.39 is 29.5 Å². The lowest BCUT2D eigenvalue weighted by atomic mass is 10.1. The van der Waals surface area contributed by atoms with Gasteiger partial charge in [0.25, 0.3) is 0 Å². The third-order valence-corrected chi connectivity index (χ3v) is 4.76. The molecule has 1 aliphatic heterocycles. The first-order chi connectivity index (χ1) is 12.8. The molecule has 3 rings (SSSR count). The first-order valence-electron chi connectivity index (χ1n) is 7.87. The first-order valence-corrected chi connectivity index (χ1v) is 8.69. The van der Waals surface area contributed by atoms with Crippen LogP contribution in [0, 0.1) is 5.92 Å². The predicted octanol–water partition coefficient (Wildman–Crippen LogP) is 2.69. The average molecular weight is 400 g/mol. The Labute approximate surface area is 156 Å². The van der Waals surface area contributed by atoms with Crippen molar-refractivity contribution in [3.05, 3.63) is 34.8 Å². The van der Waals surface area contributed by atoms with Crippen LogP contribution >= 0.6 is 11.3 Å². The first kappa shape index (κ1) is 19.2. The van der Waals surface area contributed by atoms with Gasteiger partial charge in [0.05, 0.1) is 11.5 Å². The Morgan fingerprint density at radius 2 is 2.19 bits per heavy atom. The highest BCUT2D eigenvalue weighted by molar-refractivity contribution is 7.15. The van der Waals surface area contributed by atoms with Crippen LogP contribution in [0.4, 0.5) is 24.0 Å². The van der Waals surface area contributed by atoms with Gasteiger partial charge in [-0.1, -0.05) is 17.4 Å². The molecule has 2 heterocycles. The molecule has 1 atom stereocenters. The SMILES string of the molecule is COCc1nnc(NC(=O)[C@H]2CC(=O)N(c3cccc(C(F)(F)F)c3)C2)s1. The van der Waals surface area contributed by atoms with Gasteiger partial charge in [0, 0.05) is 25.8 Å². The zero-order valence-corrected chi connectivity index (χ0v) is 14.9. The average Bonchev–Trinajstić information content (AvgIpc) is 3.21. The molecule has 0 spiro atoms. The molecule has 1 fully saturated rings. The molecule has 2 amide bonds. The van der Waals surface area contributed by atoms with Crippen molar-refractivity contribution in [3.63, 3.8) is 0 Å². The van der Waals surface area contributed by atoms with Gasteiger partial charge in [-0.2, -0.15) is 13.2 Å². The molecule has 1 N–H and O–H groups in total. The second-order valence-electron chi connectivity index (χ2n) is 5.88. The number of aromatic nitrogens is 2. The minimum absolute atomic E-state index is 0.00426. The number of anilines is 2. The van der Waals surface area contributed by atoms with Gasteiger partial charge in [-0.3, -0.25) is 9.59 Å². The highest BCUT2D eigenvalue weighted by Gasteiger charge is 2.37. The van der Waals surface area contributed by atoms with Crippen molar-refractivity contribution in [2.75, 3.05) is 23.9 Å². The molecule has 11 heteroatoms. The Morgan fingerprint density at radius 1 is 1.41 bits per heavy atom. The van der Waals surface area contributed by atoms with Crippen molar-refractivity contribution < 1.29 is 27.5 Å². The molecule has 1 aromatic heterocycles. The van der Waals surface area contributed by atoms with Gasteiger partial charge in [-0.05, 0) is 18.2 Å². The Kier molecular flexibility index (Phi) is 5.42. The molecule has 2 aromatic rings. The van der Waals surface area contributed by atoms with Crippen LogP contribution in [0.15, 0.2) is 24.3 Å².